The zero-order valence-corrected chi connectivity index (χ0v) is 17.5. The van der Waals surface area contributed by atoms with Crippen LogP contribution >= 0.6 is 12.2 Å². The summed E-state index contributed by atoms with van der Waals surface area (Å²) in [7, 11) is 0. The SMILES string of the molecule is CCN(CC)c1ccc(NC(=S)NC(=O)c2ccc(-c3ccccc3)cc2)cc1. The zero-order chi connectivity index (χ0) is 20.6. The Labute approximate surface area is 177 Å². The molecule has 3 rings (SSSR count). The van der Waals surface area contributed by atoms with Crippen molar-refractivity contribution in [3.8, 4) is 11.1 Å². The van der Waals surface area contributed by atoms with E-state index >= 15 is 0 Å². The minimum atomic E-state index is -0.234. The highest BCUT2D eigenvalue weighted by molar-refractivity contribution is 7.80. The molecule has 0 bridgehead atoms. The second kappa shape index (κ2) is 9.85. The van der Waals surface area contributed by atoms with E-state index in [0.717, 1.165) is 35.6 Å². The molecule has 29 heavy (non-hydrogen) atoms. The first kappa shape index (κ1) is 20.6. The van der Waals surface area contributed by atoms with Gasteiger partial charge in [0.25, 0.3) is 5.91 Å². The Hall–Kier alpha value is -3.18. The van der Waals surface area contributed by atoms with Crippen LogP contribution in [-0.2, 0) is 0 Å². The molecule has 0 saturated carbocycles. The van der Waals surface area contributed by atoms with E-state index in [2.05, 4.69) is 29.4 Å². The number of anilines is 2. The summed E-state index contributed by atoms with van der Waals surface area (Å²) in [5.74, 6) is -0.234. The summed E-state index contributed by atoms with van der Waals surface area (Å²) in [6, 6.07) is 25.5. The molecule has 0 saturated heterocycles. The van der Waals surface area contributed by atoms with E-state index in [1.165, 1.54) is 0 Å². The number of rotatable bonds is 6. The molecule has 0 heterocycles. The van der Waals surface area contributed by atoms with E-state index in [-0.39, 0.29) is 11.0 Å². The van der Waals surface area contributed by atoms with Gasteiger partial charge in [-0.2, -0.15) is 0 Å². The Kier molecular flexibility index (Phi) is 6.98. The highest BCUT2D eigenvalue weighted by Crippen LogP contribution is 2.20. The Balaban J connectivity index is 1.58. The number of carbonyl (C=O) groups excluding carboxylic acids is 1. The molecule has 1 amide bonds. The van der Waals surface area contributed by atoms with Crippen LogP contribution in [0.3, 0.4) is 0 Å². The summed E-state index contributed by atoms with van der Waals surface area (Å²) in [4.78, 5) is 14.7. The van der Waals surface area contributed by atoms with Crippen molar-refractivity contribution in [1.29, 1.82) is 0 Å². The maximum absolute atomic E-state index is 12.5. The molecule has 0 aromatic heterocycles. The van der Waals surface area contributed by atoms with Crippen LogP contribution in [0.2, 0.25) is 0 Å². The highest BCUT2D eigenvalue weighted by atomic mass is 32.1. The standard InChI is InChI=1S/C24H25N3OS/c1-3-27(4-2)22-16-14-21(15-17-22)25-24(29)26-23(28)20-12-10-19(11-13-20)18-8-6-5-7-9-18/h5-17H,3-4H2,1-2H3,(H2,25,26,28,29). The highest BCUT2D eigenvalue weighted by Gasteiger charge is 2.09. The predicted octanol–water partition coefficient (Wildman–Crippen LogP) is 5.33. The van der Waals surface area contributed by atoms with Crippen LogP contribution < -0.4 is 15.5 Å². The summed E-state index contributed by atoms with van der Waals surface area (Å²) in [6.07, 6.45) is 0. The summed E-state index contributed by atoms with van der Waals surface area (Å²) in [6.45, 7) is 6.18. The first-order chi connectivity index (χ1) is 14.1. The van der Waals surface area contributed by atoms with Crippen LogP contribution in [0.4, 0.5) is 11.4 Å². The van der Waals surface area contributed by atoms with Gasteiger partial charge >= 0.3 is 0 Å². The van der Waals surface area contributed by atoms with E-state index in [0.29, 0.717) is 5.56 Å². The molecule has 0 unspecified atom stereocenters. The van der Waals surface area contributed by atoms with Gasteiger partial charge in [0, 0.05) is 30.0 Å². The fourth-order valence-electron chi connectivity index (χ4n) is 3.13. The Morgan fingerprint density at radius 2 is 1.41 bits per heavy atom. The molecule has 4 nitrogen and oxygen atoms in total. The molecular formula is C24H25N3OS. The lowest BCUT2D eigenvalue weighted by atomic mass is 10.0. The average Bonchev–Trinajstić information content (AvgIpc) is 2.76. The molecule has 3 aromatic rings. The predicted molar refractivity (Wildman–Crippen MR) is 126 cm³/mol. The minimum Gasteiger partial charge on any atom is -0.372 e. The third kappa shape index (κ3) is 5.42. The van der Waals surface area contributed by atoms with Gasteiger partial charge in [-0.1, -0.05) is 42.5 Å². The molecule has 0 atom stereocenters. The lowest BCUT2D eigenvalue weighted by Gasteiger charge is -2.21. The molecule has 3 aromatic carbocycles. The molecule has 5 heteroatoms. The van der Waals surface area contributed by atoms with Gasteiger partial charge in [0.15, 0.2) is 5.11 Å². The van der Waals surface area contributed by atoms with Gasteiger partial charge in [0.05, 0.1) is 0 Å². The van der Waals surface area contributed by atoms with Gasteiger partial charge in [0.1, 0.15) is 0 Å². The van der Waals surface area contributed by atoms with Crippen molar-refractivity contribution in [3.63, 3.8) is 0 Å². The lowest BCUT2D eigenvalue weighted by Crippen LogP contribution is -2.34. The lowest BCUT2D eigenvalue weighted by molar-refractivity contribution is 0.0978. The van der Waals surface area contributed by atoms with Crippen LogP contribution in [0.5, 0.6) is 0 Å². The van der Waals surface area contributed by atoms with Crippen LogP contribution in [0.1, 0.15) is 24.2 Å². The maximum Gasteiger partial charge on any atom is 0.257 e. The Bertz CT molecular complexity index is 950. The number of carbonyl (C=O) groups is 1. The largest absolute Gasteiger partial charge is 0.372 e. The van der Waals surface area contributed by atoms with Crippen molar-refractivity contribution < 1.29 is 4.79 Å². The first-order valence-corrected chi connectivity index (χ1v) is 10.1. The van der Waals surface area contributed by atoms with E-state index in [4.69, 9.17) is 12.2 Å². The second-order valence-electron chi connectivity index (χ2n) is 6.57. The molecule has 0 spiro atoms. The molecule has 148 valence electrons. The van der Waals surface area contributed by atoms with Crippen molar-refractivity contribution in [2.24, 2.45) is 0 Å². The molecular weight excluding hydrogens is 378 g/mol. The van der Waals surface area contributed by atoms with Crippen molar-refractivity contribution >= 4 is 34.6 Å². The van der Waals surface area contributed by atoms with Crippen LogP contribution in [0.25, 0.3) is 11.1 Å². The molecule has 0 aliphatic heterocycles. The average molecular weight is 404 g/mol. The zero-order valence-electron chi connectivity index (χ0n) is 16.7. The van der Waals surface area contributed by atoms with Crippen LogP contribution in [-0.4, -0.2) is 24.1 Å². The van der Waals surface area contributed by atoms with E-state index in [1.54, 1.807) is 12.1 Å². The molecule has 0 radical (unpaired) electrons. The van der Waals surface area contributed by atoms with Crippen molar-refractivity contribution in [1.82, 2.24) is 5.32 Å². The van der Waals surface area contributed by atoms with Gasteiger partial charge in [-0.15, -0.1) is 0 Å². The smallest absolute Gasteiger partial charge is 0.257 e. The maximum atomic E-state index is 12.5. The topological polar surface area (TPSA) is 44.4 Å². The van der Waals surface area contributed by atoms with Gasteiger partial charge in [0.2, 0.25) is 0 Å². The summed E-state index contributed by atoms with van der Waals surface area (Å²) < 4.78 is 0. The normalized spacial score (nSPS) is 10.3. The van der Waals surface area contributed by atoms with E-state index in [9.17, 15) is 4.79 Å². The Morgan fingerprint density at radius 1 is 0.828 bits per heavy atom. The fraction of sp³-hybridized carbons (Fsp3) is 0.167. The van der Waals surface area contributed by atoms with Gasteiger partial charge in [-0.3, -0.25) is 10.1 Å². The first-order valence-electron chi connectivity index (χ1n) is 9.73. The quantitative estimate of drug-likeness (QED) is 0.546. The fourth-order valence-corrected chi connectivity index (χ4v) is 3.34. The Morgan fingerprint density at radius 3 is 2.00 bits per heavy atom. The van der Waals surface area contributed by atoms with Crippen molar-refractivity contribution in [2.75, 3.05) is 23.3 Å². The number of nitrogens with one attached hydrogen (secondary N) is 2. The van der Waals surface area contributed by atoms with Crippen molar-refractivity contribution in [2.45, 2.75) is 13.8 Å². The molecule has 0 fully saturated rings. The van der Waals surface area contributed by atoms with Gasteiger partial charge in [-0.05, 0) is 73.6 Å². The third-order valence-corrected chi connectivity index (χ3v) is 4.94. The number of hydrogen-bond acceptors (Lipinski definition) is 3. The number of amides is 1. The number of benzene rings is 3. The van der Waals surface area contributed by atoms with Crippen LogP contribution in [0.15, 0.2) is 78.9 Å². The molecule has 0 aliphatic carbocycles. The van der Waals surface area contributed by atoms with Gasteiger partial charge in [-0.25, -0.2) is 0 Å². The third-order valence-electron chi connectivity index (χ3n) is 4.74. The van der Waals surface area contributed by atoms with Crippen LogP contribution in [0, 0.1) is 0 Å². The summed E-state index contributed by atoms with van der Waals surface area (Å²) >= 11 is 5.29. The summed E-state index contributed by atoms with van der Waals surface area (Å²) in [5.41, 5.74) is 4.74. The monoisotopic (exact) mass is 403 g/mol. The number of nitrogens with zero attached hydrogens (tertiary/aromatic N) is 1. The van der Waals surface area contributed by atoms with Crippen molar-refractivity contribution in [3.05, 3.63) is 84.4 Å². The summed E-state index contributed by atoms with van der Waals surface area (Å²) in [5, 5.41) is 6.07. The number of thiocarbonyl (C=S) groups is 1. The molecule has 2 N–H and O–H groups in total. The van der Waals surface area contributed by atoms with E-state index < -0.39 is 0 Å². The number of hydrogen-bond donors (Lipinski definition) is 2. The van der Waals surface area contributed by atoms with Gasteiger partial charge < -0.3 is 10.2 Å². The second-order valence-corrected chi connectivity index (χ2v) is 6.98. The van der Waals surface area contributed by atoms with E-state index in [1.807, 2.05) is 66.7 Å². The molecule has 0 aliphatic rings. The minimum absolute atomic E-state index is 0.234.